The number of aliphatic imine (C=N–C) groups is 1. The number of carbonyl (C=O) groups excluding carboxylic acids is 5. The van der Waals surface area contributed by atoms with Gasteiger partial charge in [0.2, 0.25) is 29.5 Å². The molecule has 5 amide bonds. The first-order chi connectivity index (χ1) is 28.3. The summed E-state index contributed by atoms with van der Waals surface area (Å²) in [6.45, 7) is 20.2. The van der Waals surface area contributed by atoms with E-state index in [2.05, 4.69) is 36.5 Å². The Balaban J connectivity index is 1.46. The van der Waals surface area contributed by atoms with Crippen molar-refractivity contribution in [1.29, 1.82) is 0 Å². The van der Waals surface area contributed by atoms with Crippen LogP contribution in [0, 0.1) is 22.7 Å². The van der Waals surface area contributed by atoms with Crippen molar-refractivity contribution >= 4 is 58.5 Å². The van der Waals surface area contributed by atoms with E-state index in [4.69, 9.17) is 4.99 Å². The van der Waals surface area contributed by atoms with E-state index in [1.807, 2.05) is 110 Å². The van der Waals surface area contributed by atoms with Crippen molar-refractivity contribution in [2.45, 2.75) is 118 Å². The lowest BCUT2D eigenvalue weighted by molar-refractivity contribution is -0.140. The quantitative estimate of drug-likeness (QED) is 0.213. The van der Waals surface area contributed by atoms with Crippen LogP contribution in [0.3, 0.4) is 0 Å². The fourth-order valence-electron chi connectivity index (χ4n) is 8.00. The highest BCUT2D eigenvalue weighted by Crippen LogP contribution is 2.28. The van der Waals surface area contributed by atoms with E-state index in [1.54, 1.807) is 11.1 Å². The maximum absolute atomic E-state index is 14.8. The van der Waals surface area contributed by atoms with Gasteiger partial charge in [0.15, 0.2) is 0 Å². The first kappa shape index (κ1) is 47.0. The van der Waals surface area contributed by atoms with E-state index in [9.17, 15) is 24.0 Å². The third kappa shape index (κ3) is 12.5. The second-order valence-corrected chi connectivity index (χ2v) is 21.1. The summed E-state index contributed by atoms with van der Waals surface area (Å²) in [7, 11) is 0. The summed E-state index contributed by atoms with van der Waals surface area (Å²) < 4.78 is 0. The van der Waals surface area contributed by atoms with Gasteiger partial charge >= 0.3 is 0 Å². The van der Waals surface area contributed by atoms with Crippen LogP contribution < -0.4 is 26.6 Å². The Morgan fingerprint density at radius 3 is 2.25 bits per heavy atom. The van der Waals surface area contributed by atoms with E-state index in [-0.39, 0.29) is 60.3 Å². The zero-order valence-corrected chi connectivity index (χ0v) is 38.5. The molecule has 5 rings (SSSR count). The van der Waals surface area contributed by atoms with Gasteiger partial charge in [-0.15, -0.1) is 11.3 Å². The molecule has 1 aromatic carbocycles. The highest BCUT2D eigenvalue weighted by molar-refractivity contribution is 7.99. The highest BCUT2D eigenvalue weighted by Gasteiger charge is 2.44. The molecule has 7 atom stereocenters. The summed E-state index contributed by atoms with van der Waals surface area (Å²) in [6.07, 6.45) is 3.32. The zero-order valence-electron chi connectivity index (χ0n) is 36.9. The van der Waals surface area contributed by atoms with Crippen LogP contribution in [0.5, 0.6) is 0 Å². The Bertz CT molecular complexity index is 1810. The monoisotopic (exact) mass is 865 g/mol. The molecule has 0 spiro atoms. The molecule has 0 radical (unpaired) electrons. The van der Waals surface area contributed by atoms with E-state index >= 15 is 0 Å². The predicted molar refractivity (Wildman–Crippen MR) is 240 cm³/mol. The number of hydrogen-bond donors (Lipinski definition) is 5. The number of carbonyl (C=O) groups is 5. The van der Waals surface area contributed by atoms with Crippen LogP contribution in [0.15, 0.2) is 46.9 Å². The molecule has 4 heterocycles. The molecule has 2 saturated heterocycles. The van der Waals surface area contributed by atoms with Gasteiger partial charge < -0.3 is 36.4 Å². The number of nitrogens with one attached hydrogen (secondary N) is 5. The molecule has 0 saturated carbocycles. The van der Waals surface area contributed by atoms with E-state index in [0.29, 0.717) is 19.4 Å². The van der Waals surface area contributed by atoms with Crippen LogP contribution >= 0.6 is 23.1 Å². The summed E-state index contributed by atoms with van der Waals surface area (Å²) in [4.78, 5) is 84.4. The second kappa shape index (κ2) is 20.7. The molecule has 3 aliphatic heterocycles. The van der Waals surface area contributed by atoms with Crippen molar-refractivity contribution in [3.8, 4) is 0 Å². The molecule has 330 valence electrons. The SMILES string of the molecule is CC(C)[C@@H]1NC(=O)[C@@H]2[C@H](C)CCN2C(=O)CN=C(N[C@@H](C(=O)N[C@@H](Cc2ccccc2)C(=O)N[C@@H](CCN2CCSCC2)c2nccs2)C(C)(C)C)[C@H](C(C)(C)C)NC1=O. The maximum atomic E-state index is 14.8. The minimum atomic E-state index is -0.959. The zero-order chi connectivity index (χ0) is 43.8. The van der Waals surface area contributed by atoms with Gasteiger partial charge in [0.1, 0.15) is 41.6 Å². The van der Waals surface area contributed by atoms with Crippen LogP contribution in [0.1, 0.15) is 91.8 Å². The number of amides is 5. The van der Waals surface area contributed by atoms with Crippen molar-refractivity contribution in [2.24, 2.45) is 27.7 Å². The van der Waals surface area contributed by atoms with Crippen LogP contribution in [-0.4, -0.2) is 125 Å². The molecule has 0 unspecified atom stereocenters. The third-order valence-corrected chi connectivity index (χ3v) is 13.4. The average molecular weight is 866 g/mol. The van der Waals surface area contributed by atoms with Crippen molar-refractivity contribution in [3.63, 3.8) is 0 Å². The first-order valence-corrected chi connectivity index (χ1v) is 23.4. The topological polar surface area (TPSA) is 177 Å². The molecule has 16 heteroatoms. The van der Waals surface area contributed by atoms with E-state index in [0.717, 1.165) is 41.7 Å². The number of hydrogen-bond acceptors (Lipinski definition) is 11. The molecule has 14 nitrogen and oxygen atoms in total. The minimum Gasteiger partial charge on any atom is -0.360 e. The molecule has 60 heavy (non-hydrogen) atoms. The molecule has 3 aliphatic rings. The Hall–Kier alpha value is -4.02. The van der Waals surface area contributed by atoms with Gasteiger partial charge in [-0.2, -0.15) is 11.8 Å². The number of nitrogens with zero attached hydrogens (tertiary/aromatic N) is 4. The Morgan fingerprint density at radius 1 is 0.933 bits per heavy atom. The molecule has 2 aromatic rings. The molecule has 0 aliphatic carbocycles. The Labute approximate surface area is 364 Å². The van der Waals surface area contributed by atoms with Crippen LogP contribution in [0.4, 0.5) is 0 Å². The van der Waals surface area contributed by atoms with Crippen molar-refractivity contribution < 1.29 is 24.0 Å². The van der Waals surface area contributed by atoms with Crippen LogP contribution in [0.2, 0.25) is 0 Å². The van der Waals surface area contributed by atoms with Gasteiger partial charge in [0.25, 0.3) is 0 Å². The van der Waals surface area contributed by atoms with Gasteiger partial charge in [-0.1, -0.05) is 92.6 Å². The number of fused-ring (bicyclic) bond motifs is 1. The lowest BCUT2D eigenvalue weighted by atomic mass is 9.82. The fraction of sp³-hybridized carbons (Fsp3) is 0.659. The summed E-state index contributed by atoms with van der Waals surface area (Å²) in [6, 6.07) is 4.97. The predicted octanol–water partition coefficient (Wildman–Crippen LogP) is 3.79. The Morgan fingerprint density at radius 2 is 1.63 bits per heavy atom. The third-order valence-electron chi connectivity index (χ3n) is 11.6. The fourth-order valence-corrected chi connectivity index (χ4v) is 9.70. The number of thiazole rings is 1. The molecule has 2 fully saturated rings. The highest BCUT2D eigenvalue weighted by atomic mass is 32.2. The number of rotatable bonds is 12. The number of benzene rings is 1. The standard InChI is InChI=1S/C44H67N9O5S2/c1-27(2)33-39(56)51-35(43(4,5)6)37(46-26-32(54)53-19-15-28(3)34(53)40(57)49-33)50-36(44(7,8)9)41(58)48-31(25-29-13-11-10-12-14-29)38(55)47-30(42-45-17-22-60-42)16-18-52-20-23-59-24-21-52/h10-14,17,22,27-28,30-31,33-36H,15-16,18-21,23-26H2,1-9H3,(H,46,50)(H,47,55)(H,48,58)(H,49,57)(H,51,56)/t28-,30+,31+,33+,34+,35-,36+/m1/s1. The minimum absolute atomic E-state index is 0.0997. The molecular weight excluding hydrogens is 799 g/mol. The normalized spacial score (nSPS) is 23.9. The number of amidine groups is 1. The van der Waals surface area contributed by atoms with Crippen LogP contribution in [0.25, 0.3) is 0 Å². The molecular formula is C44H67N9O5S2. The first-order valence-electron chi connectivity index (χ1n) is 21.4. The van der Waals surface area contributed by atoms with Crippen LogP contribution in [-0.2, 0) is 30.4 Å². The molecule has 1 aromatic heterocycles. The summed E-state index contributed by atoms with van der Waals surface area (Å²) in [5.74, 6) is 0.271. The second-order valence-electron chi connectivity index (χ2n) is 18.9. The van der Waals surface area contributed by atoms with E-state index < -0.39 is 46.9 Å². The van der Waals surface area contributed by atoms with Crippen molar-refractivity contribution in [1.82, 2.24) is 41.4 Å². The maximum Gasteiger partial charge on any atom is 0.244 e. The van der Waals surface area contributed by atoms with Crippen molar-refractivity contribution in [3.05, 3.63) is 52.5 Å². The Kier molecular flexibility index (Phi) is 16.2. The van der Waals surface area contributed by atoms with Gasteiger partial charge in [-0.05, 0) is 41.1 Å². The summed E-state index contributed by atoms with van der Waals surface area (Å²) in [5, 5.41) is 18.6. The lowest BCUT2D eigenvalue weighted by Gasteiger charge is -2.39. The lowest BCUT2D eigenvalue weighted by Crippen LogP contribution is -2.64. The van der Waals surface area contributed by atoms with Gasteiger partial charge in [0.05, 0.1) is 12.1 Å². The average Bonchev–Trinajstić information content (AvgIpc) is 3.87. The largest absolute Gasteiger partial charge is 0.360 e. The molecule has 5 N–H and O–H groups in total. The molecule has 0 bridgehead atoms. The smallest absolute Gasteiger partial charge is 0.244 e. The number of thioether (sulfide) groups is 1. The van der Waals surface area contributed by atoms with Crippen molar-refractivity contribution in [2.75, 3.05) is 44.2 Å². The summed E-state index contributed by atoms with van der Waals surface area (Å²) in [5.41, 5.74) is -0.508. The van der Waals surface area contributed by atoms with E-state index in [1.165, 1.54) is 11.3 Å². The number of aromatic nitrogens is 1. The van der Waals surface area contributed by atoms with Gasteiger partial charge in [-0.3, -0.25) is 29.0 Å². The summed E-state index contributed by atoms with van der Waals surface area (Å²) >= 11 is 3.45. The van der Waals surface area contributed by atoms with Gasteiger partial charge in [0, 0.05) is 55.7 Å². The van der Waals surface area contributed by atoms with Gasteiger partial charge in [-0.25, -0.2) is 4.98 Å².